The Morgan fingerprint density at radius 2 is 2.12 bits per heavy atom. The summed E-state index contributed by atoms with van der Waals surface area (Å²) in [5.74, 6) is 0. The maximum atomic E-state index is 10.6. The van der Waals surface area contributed by atoms with Crippen molar-refractivity contribution in [3.05, 3.63) is 58.0 Å². The third-order valence-electron chi connectivity index (χ3n) is 2.35. The van der Waals surface area contributed by atoms with Crippen LogP contribution in [0.4, 0.5) is 0 Å². The molecular formula is C12H10N2O2. The fourth-order valence-corrected chi connectivity index (χ4v) is 1.53. The Kier molecular flexibility index (Phi) is 2.64. The molecule has 0 spiro atoms. The predicted molar refractivity (Wildman–Crippen MR) is 62.4 cm³/mol. The second-order valence-corrected chi connectivity index (χ2v) is 3.49. The van der Waals surface area contributed by atoms with Crippen molar-refractivity contribution in [1.29, 1.82) is 0 Å². The summed E-state index contributed by atoms with van der Waals surface area (Å²) in [4.78, 5) is 14.2. The van der Waals surface area contributed by atoms with E-state index in [-0.39, 0.29) is 5.70 Å². The highest BCUT2D eigenvalue weighted by Crippen LogP contribution is 2.19. The normalized spacial score (nSPS) is 11.7. The molecule has 0 saturated heterocycles. The van der Waals surface area contributed by atoms with E-state index in [4.69, 9.17) is 0 Å². The van der Waals surface area contributed by atoms with E-state index in [0.29, 0.717) is 0 Å². The molecule has 1 aromatic heterocycles. The fraction of sp³-hybridized carbons (Fsp3) is 0.0833. The molecule has 0 bridgehead atoms. The fourth-order valence-electron chi connectivity index (χ4n) is 1.53. The Labute approximate surface area is 92.4 Å². The van der Waals surface area contributed by atoms with Crippen LogP contribution in [0.2, 0.25) is 0 Å². The summed E-state index contributed by atoms with van der Waals surface area (Å²) in [6.45, 7) is 1.47. The van der Waals surface area contributed by atoms with E-state index in [9.17, 15) is 10.1 Å². The van der Waals surface area contributed by atoms with Crippen molar-refractivity contribution in [2.45, 2.75) is 6.92 Å². The van der Waals surface area contributed by atoms with Crippen LogP contribution in [-0.2, 0) is 0 Å². The van der Waals surface area contributed by atoms with Crippen LogP contribution in [0.3, 0.4) is 0 Å². The highest BCUT2D eigenvalue weighted by Gasteiger charge is 2.04. The van der Waals surface area contributed by atoms with Crippen molar-refractivity contribution >= 4 is 16.8 Å². The minimum absolute atomic E-state index is 0.109. The first-order valence-electron chi connectivity index (χ1n) is 4.84. The number of benzene rings is 1. The van der Waals surface area contributed by atoms with Gasteiger partial charge in [0.25, 0.3) is 0 Å². The second kappa shape index (κ2) is 4.10. The maximum absolute atomic E-state index is 10.6. The molecule has 1 heterocycles. The van der Waals surface area contributed by atoms with Gasteiger partial charge in [0.2, 0.25) is 5.70 Å². The number of rotatable bonds is 2. The zero-order chi connectivity index (χ0) is 11.5. The van der Waals surface area contributed by atoms with Gasteiger partial charge in [0, 0.05) is 36.3 Å². The van der Waals surface area contributed by atoms with Gasteiger partial charge in [-0.2, -0.15) is 0 Å². The van der Waals surface area contributed by atoms with Crippen LogP contribution in [-0.4, -0.2) is 9.91 Å². The van der Waals surface area contributed by atoms with E-state index in [1.165, 1.54) is 13.0 Å². The van der Waals surface area contributed by atoms with Crippen molar-refractivity contribution in [2.75, 3.05) is 0 Å². The van der Waals surface area contributed by atoms with E-state index < -0.39 is 4.92 Å². The summed E-state index contributed by atoms with van der Waals surface area (Å²) in [5.41, 5.74) is 0.880. The lowest BCUT2D eigenvalue weighted by Crippen LogP contribution is -1.93. The zero-order valence-electron chi connectivity index (χ0n) is 8.75. The smallest absolute Gasteiger partial charge is 0.243 e. The molecule has 0 amide bonds. The van der Waals surface area contributed by atoms with Crippen LogP contribution >= 0.6 is 0 Å². The van der Waals surface area contributed by atoms with E-state index in [0.717, 1.165) is 16.3 Å². The average Bonchev–Trinajstić information content (AvgIpc) is 2.29. The lowest BCUT2D eigenvalue weighted by Gasteiger charge is -2.00. The molecule has 2 rings (SSSR count). The first kappa shape index (κ1) is 10.3. The molecule has 0 radical (unpaired) electrons. The number of nitrogens with zero attached hydrogens (tertiary/aromatic N) is 2. The van der Waals surface area contributed by atoms with Gasteiger partial charge in [0.05, 0.1) is 4.92 Å². The third kappa shape index (κ3) is 1.91. The van der Waals surface area contributed by atoms with Gasteiger partial charge >= 0.3 is 0 Å². The predicted octanol–water partition coefficient (Wildman–Crippen LogP) is 2.87. The average molecular weight is 214 g/mol. The number of nitro groups is 1. The molecule has 0 aliphatic rings. The molecule has 0 aliphatic carbocycles. The molecule has 0 saturated carbocycles. The summed E-state index contributed by atoms with van der Waals surface area (Å²) in [7, 11) is 0. The number of pyridine rings is 1. The molecule has 4 heteroatoms. The Hall–Kier alpha value is -2.23. The molecule has 16 heavy (non-hydrogen) atoms. The molecule has 4 nitrogen and oxygen atoms in total. The highest BCUT2D eigenvalue weighted by molar-refractivity contribution is 5.89. The summed E-state index contributed by atoms with van der Waals surface area (Å²) in [6.07, 6.45) is 4.92. The number of fused-ring (bicyclic) bond motifs is 1. The van der Waals surface area contributed by atoms with E-state index >= 15 is 0 Å². The standard InChI is InChI=1S/C12H10N2O2/c1-9(14(15)16)6-11-8-13-7-10-4-2-3-5-12(10)11/h2-8H,1H3/b9-6-. The molecule has 2 aromatic rings. The second-order valence-electron chi connectivity index (χ2n) is 3.49. The van der Waals surface area contributed by atoms with E-state index in [1.54, 1.807) is 12.4 Å². The van der Waals surface area contributed by atoms with E-state index in [2.05, 4.69) is 4.98 Å². The summed E-state index contributed by atoms with van der Waals surface area (Å²) < 4.78 is 0. The number of allylic oxidation sites excluding steroid dienone is 1. The molecule has 1 aromatic carbocycles. The van der Waals surface area contributed by atoms with Crippen molar-refractivity contribution in [3.8, 4) is 0 Å². The van der Waals surface area contributed by atoms with Gasteiger partial charge in [0.1, 0.15) is 0 Å². The Balaban J connectivity index is 2.61. The van der Waals surface area contributed by atoms with Crippen LogP contribution < -0.4 is 0 Å². The van der Waals surface area contributed by atoms with Crippen LogP contribution in [0.5, 0.6) is 0 Å². The summed E-state index contributed by atoms with van der Waals surface area (Å²) in [6, 6.07) is 7.68. The summed E-state index contributed by atoms with van der Waals surface area (Å²) >= 11 is 0. The van der Waals surface area contributed by atoms with Crippen molar-refractivity contribution in [2.24, 2.45) is 0 Å². The van der Waals surface area contributed by atoms with Crippen LogP contribution in [0, 0.1) is 10.1 Å². The largest absolute Gasteiger partial charge is 0.263 e. The highest BCUT2D eigenvalue weighted by atomic mass is 16.6. The molecule has 0 fully saturated rings. The van der Waals surface area contributed by atoms with Crippen LogP contribution in [0.25, 0.3) is 16.8 Å². The zero-order valence-corrected chi connectivity index (χ0v) is 8.75. The van der Waals surface area contributed by atoms with Crippen LogP contribution in [0.15, 0.2) is 42.4 Å². The van der Waals surface area contributed by atoms with Crippen molar-refractivity contribution in [1.82, 2.24) is 4.98 Å². The Bertz CT molecular complexity index is 571. The molecule has 80 valence electrons. The third-order valence-corrected chi connectivity index (χ3v) is 2.35. The van der Waals surface area contributed by atoms with Gasteiger partial charge in [0.15, 0.2) is 0 Å². The monoisotopic (exact) mass is 214 g/mol. The Morgan fingerprint density at radius 3 is 2.88 bits per heavy atom. The molecular weight excluding hydrogens is 204 g/mol. The minimum Gasteiger partial charge on any atom is -0.263 e. The lowest BCUT2D eigenvalue weighted by molar-refractivity contribution is -0.422. The van der Waals surface area contributed by atoms with Gasteiger partial charge in [-0.3, -0.25) is 15.1 Å². The van der Waals surface area contributed by atoms with E-state index in [1.807, 2.05) is 24.3 Å². The van der Waals surface area contributed by atoms with Gasteiger partial charge in [-0.05, 0) is 5.39 Å². The SMILES string of the molecule is C/C(=C/c1cncc2ccccc12)[N+](=O)[O-]. The van der Waals surface area contributed by atoms with Gasteiger partial charge in [-0.1, -0.05) is 24.3 Å². The minimum atomic E-state index is -0.401. The van der Waals surface area contributed by atoms with Crippen molar-refractivity contribution in [3.63, 3.8) is 0 Å². The number of aromatic nitrogens is 1. The molecule has 0 unspecified atom stereocenters. The lowest BCUT2D eigenvalue weighted by atomic mass is 10.1. The van der Waals surface area contributed by atoms with Gasteiger partial charge in [-0.25, -0.2) is 0 Å². The molecule has 0 atom stereocenters. The van der Waals surface area contributed by atoms with Gasteiger partial charge < -0.3 is 0 Å². The topological polar surface area (TPSA) is 56.0 Å². The van der Waals surface area contributed by atoms with Gasteiger partial charge in [-0.15, -0.1) is 0 Å². The quantitative estimate of drug-likeness (QED) is 0.570. The maximum Gasteiger partial charge on any atom is 0.243 e. The first-order chi connectivity index (χ1) is 7.68. The summed E-state index contributed by atoms with van der Waals surface area (Å²) in [5, 5.41) is 12.5. The molecule has 0 N–H and O–H groups in total. The van der Waals surface area contributed by atoms with Crippen LogP contribution in [0.1, 0.15) is 12.5 Å². The number of hydrogen-bond donors (Lipinski definition) is 0. The number of hydrogen-bond acceptors (Lipinski definition) is 3. The van der Waals surface area contributed by atoms with Crippen molar-refractivity contribution < 1.29 is 4.92 Å². The molecule has 0 aliphatic heterocycles. The first-order valence-corrected chi connectivity index (χ1v) is 4.84. The Morgan fingerprint density at radius 1 is 1.38 bits per heavy atom.